The molecule has 3 rings (SSSR count). The predicted molar refractivity (Wildman–Crippen MR) is 121 cm³/mol. The van der Waals surface area contributed by atoms with Crippen LogP contribution in [-0.4, -0.2) is 23.0 Å². The van der Waals surface area contributed by atoms with Gasteiger partial charge in [0.05, 0.1) is 0 Å². The van der Waals surface area contributed by atoms with Crippen molar-refractivity contribution in [2.75, 3.05) is 0 Å². The summed E-state index contributed by atoms with van der Waals surface area (Å²) in [6, 6.07) is 16.4. The van der Waals surface area contributed by atoms with Crippen LogP contribution in [0.3, 0.4) is 0 Å². The smallest absolute Gasteiger partial charge is 0.326 e. The Morgan fingerprint density at radius 3 is 2.19 bits per heavy atom. The summed E-state index contributed by atoms with van der Waals surface area (Å²) in [6.07, 6.45) is 4.01. The number of carboxylic acids is 1. The lowest BCUT2D eigenvalue weighted by Gasteiger charge is -2.30. The van der Waals surface area contributed by atoms with Crippen LogP contribution in [0.4, 0.5) is 0 Å². The molecule has 0 spiro atoms. The van der Waals surface area contributed by atoms with Crippen LogP contribution in [0.15, 0.2) is 54.6 Å². The maximum atomic E-state index is 12.7. The van der Waals surface area contributed by atoms with E-state index in [0.717, 1.165) is 42.6 Å². The van der Waals surface area contributed by atoms with E-state index in [2.05, 4.69) is 19.2 Å². The number of amides is 1. The molecule has 1 amide bonds. The number of carboxylic acid groups (broad SMARTS) is 1. The number of nitrogens with one attached hydrogen (secondary N) is 1. The van der Waals surface area contributed by atoms with Crippen molar-refractivity contribution in [1.29, 1.82) is 0 Å². The average Bonchev–Trinajstić information content (AvgIpc) is 2.78. The van der Waals surface area contributed by atoms with Crippen molar-refractivity contribution in [3.8, 4) is 5.75 Å². The Labute approximate surface area is 184 Å². The molecule has 0 bridgehead atoms. The SMILES string of the molecule is CC(C)C1CCC(C(=O)N[C@@H](Cc2ccc(OCc3ccccc3)cc2)C(=O)O)CC1. The molecule has 31 heavy (non-hydrogen) atoms. The lowest BCUT2D eigenvalue weighted by Crippen LogP contribution is -2.45. The number of benzene rings is 2. The van der Waals surface area contributed by atoms with Crippen LogP contribution >= 0.6 is 0 Å². The van der Waals surface area contributed by atoms with Crippen molar-refractivity contribution in [2.24, 2.45) is 17.8 Å². The molecule has 2 N–H and O–H groups in total. The first-order valence-corrected chi connectivity index (χ1v) is 11.2. The van der Waals surface area contributed by atoms with Gasteiger partial charge in [-0.1, -0.05) is 56.3 Å². The second-order valence-electron chi connectivity index (χ2n) is 8.88. The van der Waals surface area contributed by atoms with Crippen LogP contribution in [0.2, 0.25) is 0 Å². The summed E-state index contributed by atoms with van der Waals surface area (Å²) in [6.45, 7) is 4.93. The molecule has 166 valence electrons. The molecule has 2 aromatic carbocycles. The zero-order valence-electron chi connectivity index (χ0n) is 18.4. The van der Waals surface area contributed by atoms with Crippen molar-refractivity contribution in [2.45, 2.75) is 58.6 Å². The van der Waals surface area contributed by atoms with E-state index in [0.29, 0.717) is 18.4 Å². The summed E-state index contributed by atoms with van der Waals surface area (Å²) in [5.74, 6) is 0.819. The minimum atomic E-state index is -1.01. The van der Waals surface area contributed by atoms with Gasteiger partial charge in [0, 0.05) is 12.3 Å². The molecule has 0 radical (unpaired) electrons. The summed E-state index contributed by atoms with van der Waals surface area (Å²) < 4.78 is 5.78. The fraction of sp³-hybridized carbons (Fsp3) is 0.462. The second kappa shape index (κ2) is 11.0. The second-order valence-corrected chi connectivity index (χ2v) is 8.88. The summed E-state index contributed by atoms with van der Waals surface area (Å²) in [4.78, 5) is 24.4. The summed E-state index contributed by atoms with van der Waals surface area (Å²) in [5.41, 5.74) is 1.94. The largest absolute Gasteiger partial charge is 0.489 e. The normalized spacial score (nSPS) is 19.6. The minimum Gasteiger partial charge on any atom is -0.489 e. The van der Waals surface area contributed by atoms with E-state index in [4.69, 9.17) is 4.74 Å². The van der Waals surface area contributed by atoms with Gasteiger partial charge < -0.3 is 15.2 Å². The molecule has 1 aliphatic rings. The maximum Gasteiger partial charge on any atom is 0.326 e. The van der Waals surface area contributed by atoms with Crippen LogP contribution in [-0.2, 0) is 22.6 Å². The highest BCUT2D eigenvalue weighted by atomic mass is 16.5. The molecule has 1 atom stereocenters. The van der Waals surface area contributed by atoms with Gasteiger partial charge in [-0.3, -0.25) is 4.79 Å². The molecule has 5 heteroatoms. The van der Waals surface area contributed by atoms with Gasteiger partial charge in [-0.15, -0.1) is 0 Å². The molecule has 2 aromatic rings. The van der Waals surface area contributed by atoms with Gasteiger partial charge in [0.25, 0.3) is 0 Å². The lowest BCUT2D eigenvalue weighted by molar-refractivity contribution is -0.142. The van der Waals surface area contributed by atoms with Crippen molar-refractivity contribution < 1.29 is 19.4 Å². The van der Waals surface area contributed by atoms with Gasteiger partial charge in [-0.25, -0.2) is 4.79 Å². The molecule has 5 nitrogen and oxygen atoms in total. The number of rotatable bonds is 9. The Balaban J connectivity index is 1.51. The van der Waals surface area contributed by atoms with Crippen LogP contribution < -0.4 is 10.1 Å². The molecule has 0 heterocycles. The fourth-order valence-electron chi connectivity index (χ4n) is 4.24. The first-order valence-electron chi connectivity index (χ1n) is 11.2. The van der Waals surface area contributed by atoms with E-state index in [1.165, 1.54) is 0 Å². The average molecular weight is 424 g/mol. The topological polar surface area (TPSA) is 75.6 Å². The third-order valence-corrected chi connectivity index (χ3v) is 6.31. The van der Waals surface area contributed by atoms with E-state index in [1.807, 2.05) is 54.6 Å². The third-order valence-electron chi connectivity index (χ3n) is 6.31. The number of hydrogen-bond donors (Lipinski definition) is 2. The van der Waals surface area contributed by atoms with E-state index in [1.54, 1.807) is 0 Å². The predicted octanol–water partition coefficient (Wildman–Crippen LogP) is 4.84. The molecule has 0 unspecified atom stereocenters. The highest BCUT2D eigenvalue weighted by Gasteiger charge is 2.30. The lowest BCUT2D eigenvalue weighted by atomic mass is 9.76. The standard InChI is InChI=1S/C26H33NO4/c1-18(2)21-10-12-22(13-11-21)25(28)27-24(26(29)30)16-19-8-14-23(15-9-19)31-17-20-6-4-3-5-7-20/h3-9,14-15,18,21-22,24H,10-13,16-17H2,1-2H3,(H,27,28)(H,29,30)/t21?,22?,24-/m0/s1. The molecule has 1 saturated carbocycles. The van der Waals surface area contributed by atoms with Gasteiger partial charge >= 0.3 is 5.97 Å². The van der Waals surface area contributed by atoms with Crippen LogP contribution in [0.25, 0.3) is 0 Å². The van der Waals surface area contributed by atoms with Gasteiger partial charge in [-0.2, -0.15) is 0 Å². The van der Waals surface area contributed by atoms with E-state index in [9.17, 15) is 14.7 Å². The van der Waals surface area contributed by atoms with Crippen molar-refractivity contribution >= 4 is 11.9 Å². The zero-order valence-corrected chi connectivity index (χ0v) is 18.4. The zero-order chi connectivity index (χ0) is 22.2. The molecule has 0 aliphatic heterocycles. The number of ether oxygens (including phenoxy) is 1. The Morgan fingerprint density at radius 2 is 1.61 bits per heavy atom. The number of aliphatic carboxylic acids is 1. The van der Waals surface area contributed by atoms with Crippen molar-refractivity contribution in [3.05, 3.63) is 65.7 Å². The molecule has 1 aliphatic carbocycles. The van der Waals surface area contributed by atoms with E-state index < -0.39 is 12.0 Å². The van der Waals surface area contributed by atoms with Gasteiger partial charge in [0.15, 0.2) is 0 Å². The van der Waals surface area contributed by atoms with Gasteiger partial charge in [0.1, 0.15) is 18.4 Å². The first kappa shape index (κ1) is 22.9. The van der Waals surface area contributed by atoms with Gasteiger partial charge in [-0.05, 0) is 60.8 Å². The molecule has 0 aromatic heterocycles. The number of carbonyl (C=O) groups excluding carboxylic acids is 1. The minimum absolute atomic E-state index is 0.0781. The quantitative estimate of drug-likeness (QED) is 0.605. The maximum absolute atomic E-state index is 12.7. The summed E-state index contributed by atoms with van der Waals surface area (Å²) in [7, 11) is 0. The van der Waals surface area contributed by atoms with Crippen molar-refractivity contribution in [1.82, 2.24) is 5.32 Å². The number of carbonyl (C=O) groups is 2. The molecule has 1 fully saturated rings. The Kier molecular flexibility index (Phi) is 8.10. The number of hydrogen-bond acceptors (Lipinski definition) is 3. The highest BCUT2D eigenvalue weighted by Crippen LogP contribution is 2.33. The summed E-state index contributed by atoms with van der Waals surface area (Å²) >= 11 is 0. The van der Waals surface area contributed by atoms with Crippen LogP contribution in [0.1, 0.15) is 50.7 Å². The van der Waals surface area contributed by atoms with Crippen LogP contribution in [0, 0.1) is 17.8 Å². The first-order chi connectivity index (χ1) is 14.9. The highest BCUT2D eigenvalue weighted by molar-refractivity contribution is 5.85. The fourth-order valence-corrected chi connectivity index (χ4v) is 4.24. The van der Waals surface area contributed by atoms with Crippen molar-refractivity contribution in [3.63, 3.8) is 0 Å². The van der Waals surface area contributed by atoms with Crippen LogP contribution in [0.5, 0.6) is 5.75 Å². The molecule has 0 saturated heterocycles. The Morgan fingerprint density at radius 1 is 0.968 bits per heavy atom. The van der Waals surface area contributed by atoms with Gasteiger partial charge in [0.2, 0.25) is 5.91 Å². The molecular formula is C26H33NO4. The molecular weight excluding hydrogens is 390 g/mol. The van der Waals surface area contributed by atoms with E-state index >= 15 is 0 Å². The monoisotopic (exact) mass is 423 g/mol. The third kappa shape index (κ3) is 6.84. The Bertz CT molecular complexity index is 839. The summed E-state index contributed by atoms with van der Waals surface area (Å²) in [5, 5.41) is 12.4. The Hall–Kier alpha value is -2.82. The van der Waals surface area contributed by atoms with E-state index in [-0.39, 0.29) is 18.2 Å².